The lowest BCUT2D eigenvalue weighted by Crippen LogP contribution is -2.13. The van der Waals surface area contributed by atoms with Crippen LogP contribution in [0.4, 0.5) is 10.1 Å². The molecule has 0 aliphatic heterocycles. The number of hydrogen-bond acceptors (Lipinski definition) is 8. The molecule has 0 bridgehead atoms. The Morgan fingerprint density at radius 3 is 2.78 bits per heavy atom. The van der Waals surface area contributed by atoms with Crippen molar-refractivity contribution in [3.05, 3.63) is 46.1 Å². The standard InChI is InChI=1S/C11H10N3O7PS/c1-20-22(18,19)21-8-5-3-2-4-7(8)10(15)13-11-12-6-9(23-11)14(16)17/h2-6H,1H3,(H,18,19)(H,12,13,15). The maximum Gasteiger partial charge on any atom is 0.527 e. The Labute approximate surface area is 133 Å². The highest BCUT2D eigenvalue weighted by Gasteiger charge is 2.24. The third kappa shape index (κ3) is 4.33. The molecular formula is C11H10N3O7PS. The number of carbonyl (C=O) groups excluding carboxylic acids is 1. The first-order valence-electron chi connectivity index (χ1n) is 5.91. The number of thiazole rings is 1. The SMILES string of the molecule is COP(=O)(O)Oc1ccccc1C(=O)Nc1ncc([N+](=O)[O-])s1. The van der Waals surface area contributed by atoms with Crippen molar-refractivity contribution >= 4 is 35.2 Å². The fourth-order valence-electron chi connectivity index (χ4n) is 1.47. The maximum absolute atomic E-state index is 12.2. The van der Waals surface area contributed by atoms with Gasteiger partial charge in [0.1, 0.15) is 11.9 Å². The van der Waals surface area contributed by atoms with Gasteiger partial charge in [-0.15, -0.1) is 0 Å². The van der Waals surface area contributed by atoms with Crippen LogP contribution < -0.4 is 9.84 Å². The number of benzene rings is 1. The van der Waals surface area contributed by atoms with E-state index in [1.165, 1.54) is 24.3 Å². The fraction of sp³-hybridized carbons (Fsp3) is 0.0909. The molecule has 0 fully saturated rings. The highest BCUT2D eigenvalue weighted by molar-refractivity contribution is 7.47. The van der Waals surface area contributed by atoms with Crippen LogP contribution in [0, 0.1) is 10.1 Å². The lowest BCUT2D eigenvalue weighted by molar-refractivity contribution is -0.380. The highest BCUT2D eigenvalue weighted by Crippen LogP contribution is 2.43. The van der Waals surface area contributed by atoms with Gasteiger partial charge in [-0.3, -0.25) is 29.6 Å². The Balaban J connectivity index is 2.22. The third-order valence-corrected chi connectivity index (χ3v) is 4.22. The normalized spacial score (nSPS) is 13.1. The van der Waals surface area contributed by atoms with Gasteiger partial charge in [-0.25, -0.2) is 9.55 Å². The van der Waals surface area contributed by atoms with Gasteiger partial charge >= 0.3 is 12.8 Å². The molecule has 1 atom stereocenters. The minimum absolute atomic E-state index is 0.00965. The second kappa shape index (κ2) is 6.84. The van der Waals surface area contributed by atoms with Gasteiger partial charge in [0, 0.05) is 7.11 Å². The van der Waals surface area contributed by atoms with E-state index in [4.69, 9.17) is 4.52 Å². The maximum atomic E-state index is 12.2. The zero-order valence-electron chi connectivity index (χ0n) is 11.5. The largest absolute Gasteiger partial charge is 0.527 e. The summed E-state index contributed by atoms with van der Waals surface area (Å²) >= 11 is 0.676. The van der Waals surface area contributed by atoms with E-state index in [-0.39, 0.29) is 21.4 Å². The van der Waals surface area contributed by atoms with Gasteiger partial charge in [-0.1, -0.05) is 12.1 Å². The molecular weight excluding hydrogens is 349 g/mol. The molecule has 0 radical (unpaired) electrons. The van der Waals surface area contributed by atoms with Gasteiger partial charge in [0.15, 0.2) is 5.13 Å². The number of nitrogens with zero attached hydrogens (tertiary/aromatic N) is 2. The van der Waals surface area contributed by atoms with Gasteiger partial charge in [-0.2, -0.15) is 0 Å². The lowest BCUT2D eigenvalue weighted by atomic mass is 10.2. The fourth-order valence-corrected chi connectivity index (χ4v) is 2.58. The van der Waals surface area contributed by atoms with E-state index in [9.17, 15) is 24.4 Å². The van der Waals surface area contributed by atoms with Crippen LogP contribution in [-0.2, 0) is 9.09 Å². The zero-order valence-corrected chi connectivity index (χ0v) is 13.2. The number of aromatic nitrogens is 1. The summed E-state index contributed by atoms with van der Waals surface area (Å²) in [5.41, 5.74) is -0.0586. The zero-order chi connectivity index (χ0) is 17.0. The predicted octanol–water partition coefficient (Wildman–Crippen LogP) is 2.43. The smallest absolute Gasteiger partial charge is 0.403 e. The Morgan fingerprint density at radius 1 is 1.48 bits per heavy atom. The topological polar surface area (TPSA) is 141 Å². The number of carbonyl (C=O) groups is 1. The first-order chi connectivity index (χ1) is 10.8. The van der Waals surface area contributed by atoms with Crippen molar-refractivity contribution in [2.45, 2.75) is 0 Å². The first-order valence-corrected chi connectivity index (χ1v) is 8.22. The number of anilines is 1. The van der Waals surface area contributed by atoms with E-state index in [1.54, 1.807) is 0 Å². The van der Waals surface area contributed by atoms with Crippen molar-refractivity contribution in [2.75, 3.05) is 12.4 Å². The minimum atomic E-state index is -4.34. The molecule has 2 rings (SSSR count). The number of amides is 1. The molecule has 0 aliphatic rings. The van der Waals surface area contributed by atoms with Gasteiger partial charge < -0.3 is 4.52 Å². The van der Waals surface area contributed by atoms with E-state index in [0.717, 1.165) is 13.3 Å². The Bertz CT molecular complexity index is 793. The predicted molar refractivity (Wildman–Crippen MR) is 80.6 cm³/mol. The molecule has 12 heteroatoms. The molecule has 23 heavy (non-hydrogen) atoms. The van der Waals surface area contributed by atoms with Crippen molar-refractivity contribution in [1.82, 2.24) is 4.98 Å². The van der Waals surface area contributed by atoms with Crippen molar-refractivity contribution < 1.29 is 28.2 Å². The van der Waals surface area contributed by atoms with Crippen LogP contribution in [0.15, 0.2) is 30.5 Å². The van der Waals surface area contributed by atoms with Crippen LogP contribution in [0.3, 0.4) is 0 Å². The molecule has 1 heterocycles. The summed E-state index contributed by atoms with van der Waals surface area (Å²) in [6, 6.07) is 5.67. The number of nitro groups is 1. The molecule has 1 aromatic heterocycles. The monoisotopic (exact) mass is 359 g/mol. The average Bonchev–Trinajstić information content (AvgIpc) is 2.96. The van der Waals surface area contributed by atoms with Gasteiger partial charge in [0.05, 0.1) is 10.5 Å². The summed E-state index contributed by atoms with van der Waals surface area (Å²) in [5, 5.41) is 12.7. The quantitative estimate of drug-likeness (QED) is 0.455. The molecule has 10 nitrogen and oxygen atoms in total. The minimum Gasteiger partial charge on any atom is -0.403 e. The summed E-state index contributed by atoms with van der Waals surface area (Å²) in [4.78, 5) is 35.2. The van der Waals surface area contributed by atoms with E-state index in [0.29, 0.717) is 11.3 Å². The van der Waals surface area contributed by atoms with Crippen molar-refractivity contribution in [1.29, 1.82) is 0 Å². The molecule has 2 N–H and O–H groups in total. The van der Waals surface area contributed by atoms with Gasteiger partial charge in [0.25, 0.3) is 5.91 Å². The Kier molecular flexibility index (Phi) is 5.06. The second-order valence-corrected chi connectivity index (χ2v) is 6.45. The van der Waals surface area contributed by atoms with E-state index in [1.807, 2.05) is 0 Å². The molecule has 1 unspecified atom stereocenters. The van der Waals surface area contributed by atoms with Gasteiger partial charge in [-0.05, 0) is 23.5 Å². The Hall–Kier alpha value is -2.33. The summed E-state index contributed by atoms with van der Waals surface area (Å²) in [6.45, 7) is 0. The summed E-state index contributed by atoms with van der Waals surface area (Å²) in [5.74, 6) is -0.885. The second-order valence-electron chi connectivity index (χ2n) is 3.95. The molecule has 0 saturated carbocycles. The first kappa shape index (κ1) is 17.0. The van der Waals surface area contributed by atoms with Crippen LogP contribution >= 0.6 is 19.2 Å². The molecule has 0 aliphatic carbocycles. The summed E-state index contributed by atoms with van der Waals surface area (Å²) in [7, 11) is -3.35. The number of phosphoric ester groups is 1. The molecule has 122 valence electrons. The van der Waals surface area contributed by atoms with Crippen molar-refractivity contribution in [3.8, 4) is 5.75 Å². The molecule has 2 aromatic rings. The van der Waals surface area contributed by atoms with Crippen LogP contribution in [-0.4, -0.2) is 27.8 Å². The number of hydrogen-bond donors (Lipinski definition) is 2. The highest BCUT2D eigenvalue weighted by atomic mass is 32.1. The molecule has 1 amide bonds. The van der Waals surface area contributed by atoms with Gasteiger partial charge in [0.2, 0.25) is 0 Å². The average molecular weight is 359 g/mol. The number of para-hydroxylation sites is 1. The number of rotatable bonds is 6. The Morgan fingerprint density at radius 2 is 2.17 bits per heavy atom. The molecule has 0 saturated heterocycles. The van der Waals surface area contributed by atoms with E-state index < -0.39 is 18.7 Å². The van der Waals surface area contributed by atoms with Crippen LogP contribution in [0.2, 0.25) is 0 Å². The molecule has 0 spiro atoms. The van der Waals surface area contributed by atoms with E-state index >= 15 is 0 Å². The van der Waals surface area contributed by atoms with Crippen molar-refractivity contribution in [2.24, 2.45) is 0 Å². The van der Waals surface area contributed by atoms with Crippen LogP contribution in [0.25, 0.3) is 0 Å². The van der Waals surface area contributed by atoms with Crippen LogP contribution in [0.1, 0.15) is 10.4 Å². The summed E-state index contributed by atoms with van der Waals surface area (Å²) < 4.78 is 20.5. The lowest BCUT2D eigenvalue weighted by Gasteiger charge is -2.13. The van der Waals surface area contributed by atoms with Crippen molar-refractivity contribution in [3.63, 3.8) is 0 Å². The summed E-state index contributed by atoms with van der Waals surface area (Å²) in [6.07, 6.45) is 1.01. The molecule has 1 aromatic carbocycles. The third-order valence-electron chi connectivity index (χ3n) is 2.47. The van der Waals surface area contributed by atoms with E-state index in [2.05, 4.69) is 14.8 Å². The van der Waals surface area contributed by atoms with Crippen LogP contribution in [0.5, 0.6) is 5.75 Å². The number of nitrogens with one attached hydrogen (secondary N) is 1. The number of phosphoric acid groups is 1.